The molecule has 0 bridgehead atoms. The van der Waals surface area contributed by atoms with Crippen molar-refractivity contribution in [3.63, 3.8) is 0 Å². The third-order valence-electron chi connectivity index (χ3n) is 4.13. The van der Waals surface area contributed by atoms with Gasteiger partial charge in [0.15, 0.2) is 17.3 Å². The van der Waals surface area contributed by atoms with Gasteiger partial charge in [-0.2, -0.15) is 0 Å². The highest BCUT2D eigenvalue weighted by molar-refractivity contribution is 7.13. The van der Waals surface area contributed by atoms with Crippen molar-refractivity contribution in [3.05, 3.63) is 64.7 Å². The van der Waals surface area contributed by atoms with E-state index in [4.69, 9.17) is 9.47 Å². The number of hydrogen-bond donors (Lipinski definition) is 1. The second kappa shape index (κ2) is 10.5. The zero-order chi connectivity index (χ0) is 21.3. The van der Waals surface area contributed by atoms with Crippen molar-refractivity contribution in [1.29, 1.82) is 0 Å². The maximum atomic E-state index is 13.2. The molecule has 3 aromatic rings. The topological polar surface area (TPSA) is 90.4 Å². The molecule has 156 valence electrons. The molecule has 1 amide bonds. The number of carbonyl (C=O) groups excluding carboxylic acids is 2. The summed E-state index contributed by atoms with van der Waals surface area (Å²) < 4.78 is 11.5. The molecule has 0 saturated carbocycles. The summed E-state index contributed by atoms with van der Waals surface area (Å²) in [7, 11) is 0. The average Bonchev–Trinajstić information content (AvgIpc) is 3.29. The molecule has 0 unspecified atom stereocenters. The maximum absolute atomic E-state index is 13.2. The summed E-state index contributed by atoms with van der Waals surface area (Å²) in [5.41, 5.74) is 2.50. The minimum Gasteiger partial charge on any atom is -0.490 e. The van der Waals surface area contributed by atoms with E-state index >= 15 is 0 Å². The van der Waals surface area contributed by atoms with E-state index in [1.54, 1.807) is 42.5 Å². The molecule has 0 aliphatic rings. The Labute approximate surface area is 179 Å². The van der Waals surface area contributed by atoms with Gasteiger partial charge in [0, 0.05) is 11.1 Å². The second-order valence-electron chi connectivity index (χ2n) is 6.43. The summed E-state index contributed by atoms with van der Waals surface area (Å²) in [4.78, 5) is 25.9. The number of carbonyl (C=O) groups is 2. The fourth-order valence-corrected chi connectivity index (χ4v) is 3.17. The van der Waals surface area contributed by atoms with Crippen molar-refractivity contribution in [1.82, 2.24) is 10.2 Å². The van der Waals surface area contributed by atoms with Crippen LogP contribution in [-0.2, 0) is 0 Å². The van der Waals surface area contributed by atoms with Crippen molar-refractivity contribution in [2.75, 3.05) is 18.5 Å². The van der Waals surface area contributed by atoms with Crippen LogP contribution in [0, 0.1) is 0 Å². The van der Waals surface area contributed by atoms with Crippen LogP contribution in [0.1, 0.15) is 53.0 Å². The zero-order valence-corrected chi connectivity index (χ0v) is 17.7. The third kappa shape index (κ3) is 5.21. The van der Waals surface area contributed by atoms with Gasteiger partial charge < -0.3 is 9.47 Å². The van der Waals surface area contributed by atoms with Gasteiger partial charge in [0.1, 0.15) is 5.51 Å². The lowest BCUT2D eigenvalue weighted by molar-refractivity contribution is 0.0996. The molecule has 0 aliphatic carbocycles. The molecule has 0 spiro atoms. The van der Waals surface area contributed by atoms with E-state index in [0.717, 1.165) is 12.8 Å². The van der Waals surface area contributed by atoms with Crippen molar-refractivity contribution in [2.24, 2.45) is 0 Å². The molecular formula is C22H23N3O4S. The van der Waals surface area contributed by atoms with Crippen LogP contribution < -0.4 is 14.8 Å². The number of nitrogens with zero attached hydrogens (tertiary/aromatic N) is 2. The quantitative estimate of drug-likeness (QED) is 0.478. The van der Waals surface area contributed by atoms with Crippen LogP contribution in [0.15, 0.2) is 48.0 Å². The number of nitrogens with one attached hydrogen (secondary N) is 1. The standard InChI is InChI=1S/C22H23N3O4S/c1-3-11-28-18-10-9-15(13-19(18)29-12-4-2)20(26)16-7-5-6-8-17(16)21(27)24-22-25-23-14-30-22/h5-10,13-14H,3-4,11-12H2,1-2H3,(H,24,25,27). The normalized spacial score (nSPS) is 10.5. The lowest BCUT2D eigenvalue weighted by atomic mass is 9.97. The van der Waals surface area contributed by atoms with Crippen LogP contribution in [0.2, 0.25) is 0 Å². The van der Waals surface area contributed by atoms with Gasteiger partial charge in [0.05, 0.1) is 18.8 Å². The first kappa shape index (κ1) is 21.4. The molecule has 0 radical (unpaired) electrons. The van der Waals surface area contributed by atoms with Gasteiger partial charge in [-0.25, -0.2) is 0 Å². The molecule has 1 N–H and O–H groups in total. The molecular weight excluding hydrogens is 402 g/mol. The predicted molar refractivity (Wildman–Crippen MR) is 116 cm³/mol. The maximum Gasteiger partial charge on any atom is 0.258 e. The number of aromatic nitrogens is 2. The molecule has 0 atom stereocenters. The summed E-state index contributed by atoms with van der Waals surface area (Å²) in [6.45, 7) is 5.11. The molecule has 1 aromatic heterocycles. The molecule has 0 saturated heterocycles. The SMILES string of the molecule is CCCOc1ccc(C(=O)c2ccccc2C(=O)Nc2nncs2)cc1OCCC. The Balaban J connectivity index is 1.89. The highest BCUT2D eigenvalue weighted by Gasteiger charge is 2.20. The average molecular weight is 426 g/mol. The van der Waals surface area contributed by atoms with Crippen LogP contribution >= 0.6 is 11.3 Å². The van der Waals surface area contributed by atoms with Crippen molar-refractivity contribution in [2.45, 2.75) is 26.7 Å². The van der Waals surface area contributed by atoms with Gasteiger partial charge in [-0.15, -0.1) is 10.2 Å². The molecule has 2 aromatic carbocycles. The summed E-state index contributed by atoms with van der Waals surface area (Å²) in [5, 5.41) is 10.5. The van der Waals surface area contributed by atoms with Gasteiger partial charge in [-0.1, -0.05) is 43.4 Å². The van der Waals surface area contributed by atoms with E-state index in [9.17, 15) is 9.59 Å². The lowest BCUT2D eigenvalue weighted by Gasteiger charge is -2.14. The molecule has 8 heteroatoms. The van der Waals surface area contributed by atoms with Gasteiger partial charge in [0.2, 0.25) is 5.13 Å². The van der Waals surface area contributed by atoms with Crippen LogP contribution in [0.25, 0.3) is 0 Å². The summed E-state index contributed by atoms with van der Waals surface area (Å²) in [6.07, 6.45) is 1.70. The Hall–Kier alpha value is -3.26. The van der Waals surface area contributed by atoms with Crippen LogP contribution in [0.5, 0.6) is 11.5 Å². The molecule has 0 aliphatic heterocycles. The van der Waals surface area contributed by atoms with Crippen LogP contribution in [-0.4, -0.2) is 35.1 Å². The molecule has 7 nitrogen and oxygen atoms in total. The first-order chi connectivity index (χ1) is 14.6. The molecule has 0 fully saturated rings. The van der Waals surface area contributed by atoms with Crippen LogP contribution in [0.3, 0.4) is 0 Å². The van der Waals surface area contributed by atoms with Crippen molar-refractivity contribution >= 4 is 28.2 Å². The van der Waals surface area contributed by atoms with Gasteiger partial charge in [-0.3, -0.25) is 14.9 Å². The highest BCUT2D eigenvalue weighted by Crippen LogP contribution is 2.30. The molecule has 30 heavy (non-hydrogen) atoms. The summed E-state index contributed by atoms with van der Waals surface area (Å²) >= 11 is 1.20. The lowest BCUT2D eigenvalue weighted by Crippen LogP contribution is -2.17. The number of ether oxygens (including phenoxy) is 2. The third-order valence-corrected chi connectivity index (χ3v) is 4.73. The van der Waals surface area contributed by atoms with Gasteiger partial charge >= 0.3 is 0 Å². The van der Waals surface area contributed by atoms with E-state index in [1.807, 2.05) is 13.8 Å². The fourth-order valence-electron chi connectivity index (χ4n) is 2.73. The zero-order valence-electron chi connectivity index (χ0n) is 16.9. The minimum atomic E-state index is -0.416. The Kier molecular flexibility index (Phi) is 7.51. The van der Waals surface area contributed by atoms with Crippen molar-refractivity contribution in [3.8, 4) is 11.5 Å². The Morgan fingerprint density at radius 2 is 1.67 bits per heavy atom. The first-order valence-electron chi connectivity index (χ1n) is 9.75. The number of amides is 1. The number of benzene rings is 2. The van der Waals surface area contributed by atoms with E-state index in [1.165, 1.54) is 16.8 Å². The van der Waals surface area contributed by atoms with Crippen molar-refractivity contribution < 1.29 is 19.1 Å². The fraction of sp³-hybridized carbons (Fsp3) is 0.273. The van der Waals surface area contributed by atoms with E-state index < -0.39 is 5.91 Å². The smallest absolute Gasteiger partial charge is 0.258 e. The number of rotatable bonds is 10. The minimum absolute atomic E-state index is 0.264. The second-order valence-corrected chi connectivity index (χ2v) is 7.26. The van der Waals surface area contributed by atoms with E-state index in [0.29, 0.717) is 41.0 Å². The number of hydrogen-bond acceptors (Lipinski definition) is 7. The van der Waals surface area contributed by atoms with E-state index in [2.05, 4.69) is 15.5 Å². The highest BCUT2D eigenvalue weighted by atomic mass is 32.1. The summed E-state index contributed by atoms with van der Waals surface area (Å²) in [5.74, 6) is 0.429. The molecule has 1 heterocycles. The monoisotopic (exact) mass is 425 g/mol. The molecule has 3 rings (SSSR count). The predicted octanol–water partition coefficient (Wildman–Crippen LogP) is 4.60. The van der Waals surface area contributed by atoms with Gasteiger partial charge in [0.25, 0.3) is 5.91 Å². The van der Waals surface area contributed by atoms with Gasteiger partial charge in [-0.05, 0) is 37.1 Å². The number of anilines is 1. The first-order valence-corrected chi connectivity index (χ1v) is 10.6. The Morgan fingerprint density at radius 1 is 0.967 bits per heavy atom. The van der Waals surface area contributed by atoms with E-state index in [-0.39, 0.29) is 11.3 Å². The number of ketones is 1. The Bertz CT molecular complexity index is 1010. The Morgan fingerprint density at radius 3 is 2.33 bits per heavy atom. The largest absolute Gasteiger partial charge is 0.490 e. The van der Waals surface area contributed by atoms with Crippen LogP contribution in [0.4, 0.5) is 5.13 Å². The summed E-state index contributed by atoms with van der Waals surface area (Å²) in [6, 6.07) is 11.8.